The second kappa shape index (κ2) is 13.2. The van der Waals surface area contributed by atoms with Crippen LogP contribution in [-0.2, 0) is 8.85 Å². The minimum absolute atomic E-state index is 0.195. The Morgan fingerprint density at radius 1 is 0.559 bits per heavy atom. The van der Waals surface area contributed by atoms with E-state index < -0.39 is 19.5 Å². The SMILES string of the molecule is CC(C)(C)CCCC(O[SiH2]c1ccc([SiH2]OC(CCCC(C)(C)C)C(C)(C)C)cc1)C(C)(C)C. The monoisotopic (exact) mass is 506 g/mol. The van der Waals surface area contributed by atoms with E-state index in [1.165, 1.54) is 36.1 Å². The third-order valence-electron chi connectivity index (χ3n) is 6.64. The number of rotatable bonds is 12. The molecule has 0 saturated heterocycles. The highest BCUT2D eigenvalue weighted by atomic mass is 28.2. The maximum absolute atomic E-state index is 6.58. The Kier molecular flexibility index (Phi) is 12.3. The van der Waals surface area contributed by atoms with E-state index in [0.29, 0.717) is 23.0 Å². The predicted octanol–water partition coefficient (Wildman–Crippen LogP) is 6.40. The first-order chi connectivity index (χ1) is 15.4. The average molecular weight is 507 g/mol. The van der Waals surface area contributed by atoms with E-state index in [2.05, 4.69) is 107 Å². The van der Waals surface area contributed by atoms with Crippen LogP contribution >= 0.6 is 0 Å². The molecule has 0 aliphatic carbocycles. The summed E-state index contributed by atoms with van der Waals surface area (Å²) in [5, 5.41) is 2.81. The van der Waals surface area contributed by atoms with Crippen LogP contribution in [0.3, 0.4) is 0 Å². The van der Waals surface area contributed by atoms with E-state index in [-0.39, 0.29) is 10.8 Å². The van der Waals surface area contributed by atoms with Crippen molar-refractivity contribution in [2.24, 2.45) is 21.7 Å². The summed E-state index contributed by atoms with van der Waals surface area (Å²) < 4.78 is 13.2. The Hall–Kier alpha value is -0.426. The topological polar surface area (TPSA) is 18.5 Å². The van der Waals surface area contributed by atoms with Crippen LogP contribution in [-0.4, -0.2) is 31.7 Å². The summed E-state index contributed by atoms with van der Waals surface area (Å²) in [6.45, 7) is 27.9. The number of benzene rings is 1. The molecule has 2 nitrogen and oxygen atoms in total. The van der Waals surface area contributed by atoms with Crippen LogP contribution in [0.15, 0.2) is 24.3 Å². The summed E-state index contributed by atoms with van der Waals surface area (Å²) in [6.07, 6.45) is 8.02. The smallest absolute Gasteiger partial charge is 0.192 e. The van der Waals surface area contributed by atoms with Gasteiger partial charge < -0.3 is 8.85 Å². The normalized spacial score (nSPS) is 16.1. The van der Waals surface area contributed by atoms with Gasteiger partial charge in [-0.05, 0) is 57.7 Å². The van der Waals surface area contributed by atoms with Gasteiger partial charge in [-0.25, -0.2) is 0 Å². The van der Waals surface area contributed by atoms with Crippen molar-refractivity contribution >= 4 is 29.9 Å². The molecule has 0 aromatic heterocycles. The van der Waals surface area contributed by atoms with Crippen LogP contribution in [0.1, 0.15) is 122 Å². The molecule has 0 bridgehead atoms. The summed E-state index contributed by atoms with van der Waals surface area (Å²) in [5.41, 5.74) is 1.20. The minimum atomic E-state index is -0.719. The Balaban J connectivity index is 2.61. The van der Waals surface area contributed by atoms with Gasteiger partial charge in [-0.15, -0.1) is 0 Å². The second-order valence-electron chi connectivity index (χ2n) is 15.1. The lowest BCUT2D eigenvalue weighted by Crippen LogP contribution is -2.35. The van der Waals surface area contributed by atoms with Crippen LogP contribution in [0.5, 0.6) is 0 Å². The van der Waals surface area contributed by atoms with E-state index in [1.807, 2.05) is 0 Å². The molecule has 0 N–H and O–H groups in total. The molecule has 1 aromatic rings. The molecule has 0 amide bonds. The van der Waals surface area contributed by atoms with Crippen molar-refractivity contribution in [3.8, 4) is 0 Å². The standard InChI is InChI=1S/C30H58O2Si2/c1-27(2,3)21-13-15-25(29(7,8)9)31-33-23-17-19-24(20-18-23)34-32-26(30(10,11)12)16-14-22-28(4,5)6/h17-20,25-26H,13-16,21-22,33-34H2,1-12H3. The third kappa shape index (κ3) is 14.2. The molecule has 0 aliphatic rings. The maximum atomic E-state index is 6.58. The highest BCUT2D eigenvalue weighted by molar-refractivity contribution is 6.49. The molecule has 0 radical (unpaired) electrons. The van der Waals surface area contributed by atoms with Crippen LogP contribution < -0.4 is 10.4 Å². The molecule has 1 rings (SSSR count). The van der Waals surface area contributed by atoms with Crippen LogP contribution in [0.4, 0.5) is 0 Å². The molecule has 0 spiro atoms. The highest BCUT2D eigenvalue weighted by Crippen LogP contribution is 2.30. The van der Waals surface area contributed by atoms with E-state index >= 15 is 0 Å². The molecule has 0 fully saturated rings. The minimum Gasteiger partial charge on any atom is -0.415 e. The summed E-state index contributed by atoms with van der Waals surface area (Å²) in [6, 6.07) is 9.22. The Labute approximate surface area is 218 Å². The molecule has 4 heteroatoms. The van der Waals surface area contributed by atoms with E-state index in [1.54, 1.807) is 0 Å². The molecule has 2 unspecified atom stereocenters. The fourth-order valence-corrected chi connectivity index (χ4v) is 7.27. The van der Waals surface area contributed by atoms with Crippen LogP contribution in [0, 0.1) is 21.7 Å². The molecule has 1 aromatic carbocycles. The van der Waals surface area contributed by atoms with Crippen LogP contribution in [0.2, 0.25) is 0 Å². The predicted molar refractivity (Wildman–Crippen MR) is 158 cm³/mol. The van der Waals surface area contributed by atoms with Crippen molar-refractivity contribution in [2.75, 3.05) is 0 Å². The quantitative estimate of drug-likeness (QED) is 0.305. The molecule has 34 heavy (non-hydrogen) atoms. The van der Waals surface area contributed by atoms with E-state index in [9.17, 15) is 0 Å². The summed E-state index contributed by atoms with van der Waals surface area (Å²) in [7, 11) is -1.44. The zero-order valence-corrected chi connectivity index (χ0v) is 27.8. The summed E-state index contributed by atoms with van der Waals surface area (Å²) in [5.74, 6) is 0. The van der Waals surface area contributed by atoms with Gasteiger partial charge in [0.25, 0.3) is 0 Å². The van der Waals surface area contributed by atoms with E-state index in [0.717, 1.165) is 12.8 Å². The first kappa shape index (κ1) is 31.6. The fraction of sp³-hybridized carbons (Fsp3) is 0.800. The van der Waals surface area contributed by atoms with Gasteiger partial charge in [-0.2, -0.15) is 0 Å². The van der Waals surface area contributed by atoms with Crippen molar-refractivity contribution in [1.29, 1.82) is 0 Å². The largest absolute Gasteiger partial charge is 0.415 e. The second-order valence-corrected chi connectivity index (χ2v) is 17.9. The van der Waals surface area contributed by atoms with Gasteiger partial charge in [0, 0.05) is 12.2 Å². The number of hydrogen-bond acceptors (Lipinski definition) is 2. The molecule has 0 heterocycles. The van der Waals surface area contributed by atoms with Gasteiger partial charge in [0.1, 0.15) is 0 Å². The molecule has 0 saturated carbocycles. The van der Waals surface area contributed by atoms with Gasteiger partial charge in [0.2, 0.25) is 0 Å². The Morgan fingerprint density at radius 2 is 0.853 bits per heavy atom. The zero-order chi connectivity index (χ0) is 26.2. The van der Waals surface area contributed by atoms with Gasteiger partial charge in [-0.1, -0.05) is 120 Å². The molecule has 0 aliphatic heterocycles. The van der Waals surface area contributed by atoms with Crippen molar-refractivity contribution < 1.29 is 8.85 Å². The molecule has 198 valence electrons. The number of hydrogen-bond donors (Lipinski definition) is 0. The first-order valence-corrected chi connectivity index (χ1v) is 16.2. The van der Waals surface area contributed by atoms with Gasteiger partial charge >= 0.3 is 0 Å². The summed E-state index contributed by atoms with van der Waals surface area (Å²) >= 11 is 0. The molecular weight excluding hydrogens is 449 g/mol. The van der Waals surface area contributed by atoms with Gasteiger partial charge in [0.15, 0.2) is 19.5 Å². The lowest BCUT2D eigenvalue weighted by atomic mass is 9.83. The van der Waals surface area contributed by atoms with Crippen LogP contribution in [0.25, 0.3) is 0 Å². The summed E-state index contributed by atoms with van der Waals surface area (Å²) in [4.78, 5) is 0. The van der Waals surface area contributed by atoms with Gasteiger partial charge in [0.05, 0.1) is 0 Å². The molecule has 2 atom stereocenters. The highest BCUT2D eigenvalue weighted by Gasteiger charge is 2.27. The lowest BCUT2D eigenvalue weighted by molar-refractivity contribution is 0.0798. The Morgan fingerprint density at radius 3 is 1.09 bits per heavy atom. The van der Waals surface area contributed by atoms with Crippen molar-refractivity contribution in [3.63, 3.8) is 0 Å². The van der Waals surface area contributed by atoms with Crippen molar-refractivity contribution in [3.05, 3.63) is 24.3 Å². The fourth-order valence-electron chi connectivity index (χ4n) is 4.29. The maximum Gasteiger partial charge on any atom is 0.192 e. The molecular formula is C30H58O2Si2. The average Bonchev–Trinajstić information content (AvgIpc) is 2.64. The third-order valence-corrected chi connectivity index (χ3v) is 9.39. The first-order valence-electron chi connectivity index (χ1n) is 13.7. The van der Waals surface area contributed by atoms with Crippen molar-refractivity contribution in [2.45, 2.75) is 134 Å². The lowest BCUT2D eigenvalue weighted by Gasteiger charge is -2.32. The van der Waals surface area contributed by atoms with E-state index in [4.69, 9.17) is 8.85 Å². The van der Waals surface area contributed by atoms with Crippen molar-refractivity contribution in [1.82, 2.24) is 0 Å². The zero-order valence-electron chi connectivity index (χ0n) is 24.9. The van der Waals surface area contributed by atoms with Gasteiger partial charge in [-0.3, -0.25) is 0 Å². The Bertz CT molecular complexity index is 624.